The number of nitriles is 1. The molecule has 0 unspecified atom stereocenters. The van der Waals surface area contributed by atoms with Crippen LogP contribution in [0.15, 0.2) is 34.0 Å². The second kappa shape index (κ2) is 10.4. The van der Waals surface area contributed by atoms with E-state index in [9.17, 15) is 23.1 Å². The van der Waals surface area contributed by atoms with Crippen LogP contribution in [0.1, 0.15) is 6.92 Å². The SMILES string of the molecule is CCn1c(=O)/c(=C\Nc2cccc(S(=O)(=O)NCCN(C)C)c2)s/c1=C(/C#N)C(=O)O. The maximum absolute atomic E-state index is 12.6. The van der Waals surface area contributed by atoms with Gasteiger partial charge >= 0.3 is 5.97 Å². The first kappa shape index (κ1) is 24.3. The van der Waals surface area contributed by atoms with Crippen LogP contribution in [0.4, 0.5) is 5.69 Å². The van der Waals surface area contributed by atoms with E-state index in [0.29, 0.717) is 12.2 Å². The Morgan fingerprint density at radius 2 is 2.10 bits per heavy atom. The van der Waals surface area contributed by atoms with Crippen LogP contribution < -0.4 is 24.8 Å². The fourth-order valence-corrected chi connectivity index (χ4v) is 4.72. The van der Waals surface area contributed by atoms with Crippen LogP contribution in [0.3, 0.4) is 0 Å². The Balaban J connectivity index is 2.39. The Morgan fingerprint density at radius 3 is 2.68 bits per heavy atom. The number of carboxylic acids is 1. The van der Waals surface area contributed by atoms with Crippen LogP contribution in [0, 0.1) is 11.3 Å². The number of nitrogens with one attached hydrogen (secondary N) is 2. The summed E-state index contributed by atoms with van der Waals surface area (Å²) in [5.41, 5.74) is -0.533. The van der Waals surface area contributed by atoms with Crippen molar-refractivity contribution in [3.63, 3.8) is 0 Å². The van der Waals surface area contributed by atoms with Crippen LogP contribution in [-0.4, -0.2) is 56.1 Å². The number of anilines is 1. The van der Waals surface area contributed by atoms with Crippen LogP contribution in [0.5, 0.6) is 0 Å². The molecule has 0 saturated heterocycles. The lowest BCUT2D eigenvalue weighted by Crippen LogP contribution is -2.32. The van der Waals surface area contributed by atoms with Gasteiger partial charge in [-0.25, -0.2) is 17.9 Å². The molecule has 1 heterocycles. The van der Waals surface area contributed by atoms with Gasteiger partial charge in [0.15, 0.2) is 5.57 Å². The van der Waals surface area contributed by atoms with Gasteiger partial charge in [-0.3, -0.25) is 9.36 Å². The number of carboxylic acid groups (broad SMARTS) is 1. The summed E-state index contributed by atoms with van der Waals surface area (Å²) < 4.78 is 28.9. The molecule has 1 aromatic heterocycles. The molecule has 0 atom stereocenters. The van der Waals surface area contributed by atoms with Gasteiger partial charge in [0.05, 0.1) is 4.90 Å². The monoisotopic (exact) mass is 465 g/mol. The minimum atomic E-state index is -3.70. The zero-order valence-corrected chi connectivity index (χ0v) is 18.9. The normalized spacial score (nSPS) is 13.2. The molecule has 2 aromatic rings. The van der Waals surface area contributed by atoms with Gasteiger partial charge in [0.2, 0.25) is 10.0 Å². The summed E-state index contributed by atoms with van der Waals surface area (Å²) in [4.78, 5) is 25.8. The number of nitrogens with zero attached hydrogens (tertiary/aromatic N) is 3. The standard InChI is InChI=1S/C19H23N5O5S2/c1-4-24-17(25)16(30-18(24)15(11-20)19(26)27)12-21-13-6-5-7-14(10-13)31(28,29)22-8-9-23(2)3/h5-7,10,12,21-22H,4,8-9H2,1-3H3,(H,26,27)/b16-12+,18-15-. The first-order valence-electron chi connectivity index (χ1n) is 9.19. The molecule has 0 amide bonds. The highest BCUT2D eigenvalue weighted by Gasteiger charge is 2.15. The summed E-state index contributed by atoms with van der Waals surface area (Å²) in [6.07, 6.45) is 1.37. The van der Waals surface area contributed by atoms with Gasteiger partial charge in [-0.2, -0.15) is 5.26 Å². The molecule has 3 N–H and O–H groups in total. The van der Waals surface area contributed by atoms with Crippen molar-refractivity contribution in [3.05, 3.63) is 43.8 Å². The van der Waals surface area contributed by atoms with Crippen molar-refractivity contribution >= 4 is 44.8 Å². The van der Waals surface area contributed by atoms with Crippen molar-refractivity contribution in [3.8, 4) is 6.07 Å². The van der Waals surface area contributed by atoms with E-state index in [1.54, 1.807) is 25.1 Å². The van der Waals surface area contributed by atoms with Crippen molar-refractivity contribution in [1.29, 1.82) is 5.26 Å². The number of benzene rings is 1. The highest BCUT2D eigenvalue weighted by atomic mass is 32.2. The molecule has 0 bridgehead atoms. The Morgan fingerprint density at radius 1 is 1.39 bits per heavy atom. The lowest BCUT2D eigenvalue weighted by atomic mass is 10.3. The lowest BCUT2D eigenvalue weighted by molar-refractivity contribution is -0.130. The van der Waals surface area contributed by atoms with Gasteiger partial charge < -0.3 is 15.3 Å². The van der Waals surface area contributed by atoms with E-state index in [0.717, 1.165) is 11.3 Å². The van der Waals surface area contributed by atoms with Crippen LogP contribution in [0.25, 0.3) is 11.8 Å². The van der Waals surface area contributed by atoms with E-state index in [4.69, 9.17) is 5.26 Å². The molecule has 0 aliphatic heterocycles. The van der Waals surface area contributed by atoms with E-state index >= 15 is 0 Å². The third kappa shape index (κ3) is 6.02. The van der Waals surface area contributed by atoms with Crippen molar-refractivity contribution in [2.45, 2.75) is 18.4 Å². The number of hydrogen-bond donors (Lipinski definition) is 3. The second-order valence-electron chi connectivity index (χ2n) is 6.63. The van der Waals surface area contributed by atoms with Crippen molar-refractivity contribution in [2.24, 2.45) is 0 Å². The first-order valence-corrected chi connectivity index (χ1v) is 11.5. The molecule has 0 aliphatic rings. The average Bonchev–Trinajstić information content (AvgIpc) is 3.01. The van der Waals surface area contributed by atoms with Crippen molar-refractivity contribution in [2.75, 3.05) is 32.5 Å². The Kier molecular flexibility index (Phi) is 8.12. The molecular formula is C19H23N5O5S2. The van der Waals surface area contributed by atoms with Crippen LogP contribution in [0.2, 0.25) is 0 Å². The lowest BCUT2D eigenvalue weighted by Gasteiger charge is -2.11. The summed E-state index contributed by atoms with van der Waals surface area (Å²) in [5.74, 6) is -1.41. The summed E-state index contributed by atoms with van der Waals surface area (Å²) in [6, 6.07) is 7.68. The van der Waals surface area contributed by atoms with Gasteiger partial charge in [-0.05, 0) is 39.2 Å². The summed E-state index contributed by atoms with van der Waals surface area (Å²) in [7, 11) is -0.0222. The topological polar surface area (TPSA) is 145 Å². The fourth-order valence-electron chi connectivity index (χ4n) is 2.57. The third-order valence-electron chi connectivity index (χ3n) is 4.13. The first-order chi connectivity index (χ1) is 14.6. The zero-order chi connectivity index (χ0) is 23.2. The molecule has 2 rings (SSSR count). The molecule has 12 heteroatoms. The predicted octanol–water partition coefficient (Wildman–Crippen LogP) is -0.621. The largest absolute Gasteiger partial charge is 0.477 e. The summed E-state index contributed by atoms with van der Waals surface area (Å²) >= 11 is 0.871. The van der Waals surface area contributed by atoms with Gasteiger partial charge in [-0.15, -0.1) is 11.3 Å². The minimum Gasteiger partial charge on any atom is -0.477 e. The Labute approximate surface area is 183 Å². The molecule has 0 fully saturated rings. The molecule has 10 nitrogen and oxygen atoms in total. The molecule has 31 heavy (non-hydrogen) atoms. The second-order valence-corrected chi connectivity index (χ2v) is 9.43. The van der Waals surface area contributed by atoms with E-state index < -0.39 is 27.1 Å². The molecule has 166 valence electrons. The maximum atomic E-state index is 12.6. The highest BCUT2D eigenvalue weighted by Crippen LogP contribution is 2.15. The number of sulfonamides is 1. The smallest absolute Gasteiger partial charge is 0.349 e. The summed E-state index contributed by atoms with van der Waals surface area (Å²) in [5, 5.41) is 21.2. The predicted molar refractivity (Wildman–Crippen MR) is 118 cm³/mol. The zero-order valence-electron chi connectivity index (χ0n) is 17.2. The van der Waals surface area contributed by atoms with E-state index in [1.165, 1.54) is 22.9 Å². The maximum Gasteiger partial charge on any atom is 0.349 e. The molecule has 0 aliphatic carbocycles. The third-order valence-corrected chi connectivity index (χ3v) is 6.72. The number of rotatable bonds is 9. The molecular weight excluding hydrogens is 442 g/mol. The van der Waals surface area contributed by atoms with Gasteiger partial charge in [0, 0.05) is 31.5 Å². The van der Waals surface area contributed by atoms with Gasteiger partial charge in [-0.1, -0.05) is 6.07 Å². The van der Waals surface area contributed by atoms with Crippen molar-refractivity contribution < 1.29 is 18.3 Å². The molecule has 1 aromatic carbocycles. The number of thiazole rings is 1. The fraction of sp³-hybridized carbons (Fsp3) is 0.316. The van der Waals surface area contributed by atoms with Crippen molar-refractivity contribution in [1.82, 2.24) is 14.2 Å². The summed E-state index contributed by atoms with van der Waals surface area (Å²) in [6.45, 7) is 2.68. The number of hydrogen-bond acceptors (Lipinski definition) is 8. The average molecular weight is 466 g/mol. The van der Waals surface area contributed by atoms with Gasteiger partial charge in [0.25, 0.3) is 5.56 Å². The quantitative estimate of drug-likeness (QED) is 0.444. The highest BCUT2D eigenvalue weighted by molar-refractivity contribution is 7.89. The number of aliphatic carboxylic acids is 1. The molecule has 0 spiro atoms. The van der Waals surface area contributed by atoms with Crippen LogP contribution in [-0.2, 0) is 21.4 Å². The van der Waals surface area contributed by atoms with E-state index in [2.05, 4.69) is 10.0 Å². The van der Waals surface area contributed by atoms with Crippen LogP contribution >= 0.6 is 11.3 Å². The molecule has 0 radical (unpaired) electrons. The Hall–Kier alpha value is -2.98. The van der Waals surface area contributed by atoms with E-state index in [-0.39, 0.29) is 27.2 Å². The molecule has 0 saturated carbocycles. The van der Waals surface area contributed by atoms with E-state index in [1.807, 2.05) is 19.0 Å². The number of aromatic nitrogens is 1. The Bertz CT molecular complexity index is 1290. The number of likely N-dealkylation sites (N-methyl/N-ethyl adjacent to an activating group) is 1. The number of carbonyl (C=O) groups is 1. The van der Waals surface area contributed by atoms with Gasteiger partial charge in [0.1, 0.15) is 15.3 Å². The minimum absolute atomic E-state index is 0.0528.